The molecule has 10 nitrogen and oxygen atoms in total. The lowest BCUT2D eigenvalue weighted by molar-refractivity contribution is 0.668. The zero-order valence-corrected chi connectivity index (χ0v) is 60.3. The monoisotopic (exact) mass is 1430 g/mol. The van der Waals surface area contributed by atoms with Gasteiger partial charge in [-0.25, -0.2) is 29.9 Å². The van der Waals surface area contributed by atoms with Crippen LogP contribution in [0.25, 0.3) is 212 Å². The van der Waals surface area contributed by atoms with Crippen LogP contribution in [0.15, 0.2) is 397 Å². The molecule has 10 heteroatoms. The maximum absolute atomic E-state index is 6.22. The van der Waals surface area contributed by atoms with E-state index in [4.69, 9.17) is 38.7 Å². The highest BCUT2D eigenvalue weighted by molar-refractivity contribution is 6.16. The molecule has 0 saturated carbocycles. The van der Waals surface area contributed by atoms with Gasteiger partial charge in [0.05, 0.1) is 22.1 Å². The van der Waals surface area contributed by atoms with Crippen molar-refractivity contribution in [2.45, 2.75) is 0 Å². The molecule has 112 heavy (non-hydrogen) atoms. The van der Waals surface area contributed by atoms with Gasteiger partial charge in [0.15, 0.2) is 34.9 Å². The van der Waals surface area contributed by atoms with Gasteiger partial charge in [-0.05, 0) is 129 Å². The second kappa shape index (κ2) is 27.5. The molecule has 0 aliphatic heterocycles. The Bertz CT molecular complexity index is 7070. The largest absolute Gasteiger partial charge is 0.456 e. The van der Waals surface area contributed by atoms with E-state index in [0.29, 0.717) is 34.9 Å². The van der Waals surface area contributed by atoms with Gasteiger partial charge in [0, 0.05) is 87.8 Å². The Morgan fingerprint density at radius 2 is 0.473 bits per heavy atom. The van der Waals surface area contributed by atoms with Gasteiger partial charge in [0.1, 0.15) is 22.3 Å². The molecule has 0 spiro atoms. The molecule has 0 unspecified atom stereocenters. The summed E-state index contributed by atoms with van der Waals surface area (Å²) in [6.45, 7) is 0. The minimum atomic E-state index is 0.592. The first-order chi connectivity index (χ1) is 55.5. The number of hydrogen-bond donors (Lipinski definition) is 0. The van der Waals surface area contributed by atoms with Crippen molar-refractivity contribution >= 4 is 87.5 Å². The topological polar surface area (TPSA) is 113 Å². The zero-order valence-electron chi connectivity index (χ0n) is 60.3. The van der Waals surface area contributed by atoms with Crippen LogP contribution in [0.2, 0.25) is 0 Å². The lowest BCUT2D eigenvalue weighted by Crippen LogP contribution is -2.00. The molecule has 524 valence electrons. The first-order valence-electron chi connectivity index (χ1n) is 37.5. The summed E-state index contributed by atoms with van der Waals surface area (Å²) >= 11 is 0. The summed E-state index contributed by atoms with van der Waals surface area (Å²) in [4.78, 5) is 29.9. The van der Waals surface area contributed by atoms with E-state index in [1.165, 1.54) is 65.9 Å². The molecule has 16 aromatic carbocycles. The highest BCUT2D eigenvalue weighted by Crippen LogP contribution is 2.42. The predicted molar refractivity (Wildman–Crippen MR) is 457 cm³/mol. The van der Waals surface area contributed by atoms with Gasteiger partial charge in [0.2, 0.25) is 0 Å². The van der Waals surface area contributed by atoms with Crippen LogP contribution in [0, 0.1) is 0 Å². The van der Waals surface area contributed by atoms with Crippen LogP contribution in [0.5, 0.6) is 0 Å². The van der Waals surface area contributed by atoms with Gasteiger partial charge in [-0.3, -0.25) is 0 Å². The number of aromatic nitrogens is 8. The molecule has 0 radical (unpaired) electrons. The molecule has 0 N–H and O–H groups in total. The Morgan fingerprint density at radius 1 is 0.170 bits per heavy atom. The molecule has 0 aliphatic carbocycles. The van der Waals surface area contributed by atoms with Crippen LogP contribution in [0.3, 0.4) is 0 Å². The van der Waals surface area contributed by atoms with Crippen molar-refractivity contribution in [3.63, 3.8) is 0 Å². The average molecular weight is 1430 g/mol. The minimum Gasteiger partial charge on any atom is -0.456 e. The molecular weight excluding hydrogens is 1370 g/mol. The molecule has 22 aromatic rings. The van der Waals surface area contributed by atoms with Crippen LogP contribution in [-0.2, 0) is 0 Å². The first kappa shape index (κ1) is 65.1. The molecule has 0 saturated heterocycles. The number of fused-ring (bicyclic) bond motifs is 12. The number of benzene rings is 16. The number of rotatable bonds is 12. The van der Waals surface area contributed by atoms with Gasteiger partial charge < -0.3 is 18.0 Å². The normalized spacial score (nSPS) is 11.6. The predicted octanol–water partition coefficient (Wildman–Crippen LogP) is 26.4. The van der Waals surface area contributed by atoms with Crippen LogP contribution in [-0.4, -0.2) is 39.0 Å². The van der Waals surface area contributed by atoms with Crippen molar-refractivity contribution in [2.75, 3.05) is 0 Å². The fourth-order valence-electron chi connectivity index (χ4n) is 15.9. The van der Waals surface area contributed by atoms with Crippen LogP contribution < -0.4 is 0 Å². The van der Waals surface area contributed by atoms with E-state index in [0.717, 1.165) is 111 Å². The molecule has 0 atom stereocenters. The first-order valence-corrected chi connectivity index (χ1v) is 37.5. The lowest BCUT2D eigenvalue weighted by atomic mass is 9.99. The summed E-state index contributed by atoms with van der Waals surface area (Å²) < 4.78 is 17.2. The third-order valence-corrected chi connectivity index (χ3v) is 21.3. The van der Waals surface area contributed by atoms with Crippen LogP contribution >= 0.6 is 0 Å². The van der Waals surface area contributed by atoms with E-state index >= 15 is 0 Å². The smallest absolute Gasteiger partial charge is 0.164 e. The fourth-order valence-corrected chi connectivity index (χ4v) is 15.9. The van der Waals surface area contributed by atoms with Crippen molar-refractivity contribution in [3.05, 3.63) is 388 Å². The van der Waals surface area contributed by atoms with Crippen molar-refractivity contribution in [2.24, 2.45) is 0 Å². The molecule has 22 rings (SSSR count). The highest BCUT2D eigenvalue weighted by Gasteiger charge is 2.22. The molecule has 0 fully saturated rings. The van der Waals surface area contributed by atoms with Gasteiger partial charge in [0.25, 0.3) is 0 Å². The van der Waals surface area contributed by atoms with E-state index in [2.05, 4.69) is 288 Å². The van der Waals surface area contributed by atoms with E-state index in [1.54, 1.807) is 0 Å². The molecule has 6 aromatic heterocycles. The maximum atomic E-state index is 6.22. The van der Waals surface area contributed by atoms with Gasteiger partial charge in [-0.1, -0.05) is 303 Å². The molecule has 6 heterocycles. The molecule has 0 aliphatic rings. The second-order valence-electron chi connectivity index (χ2n) is 28.1. The second-order valence-corrected chi connectivity index (χ2v) is 28.1. The van der Waals surface area contributed by atoms with Gasteiger partial charge in [-0.2, -0.15) is 0 Å². The third kappa shape index (κ3) is 11.8. The summed E-state index contributed by atoms with van der Waals surface area (Å²) in [6, 6.07) is 135. The van der Waals surface area contributed by atoms with Crippen LogP contribution in [0.4, 0.5) is 0 Å². The number of nitrogens with zero attached hydrogens (tertiary/aromatic N) is 8. The third-order valence-electron chi connectivity index (χ3n) is 21.3. The van der Waals surface area contributed by atoms with Gasteiger partial charge in [-0.15, -0.1) is 0 Å². The highest BCUT2D eigenvalue weighted by atomic mass is 16.3. The van der Waals surface area contributed by atoms with Crippen LogP contribution in [0.1, 0.15) is 0 Å². The summed E-state index contributed by atoms with van der Waals surface area (Å²) in [6.07, 6.45) is 0. The summed E-state index contributed by atoms with van der Waals surface area (Å²) in [5.74, 6) is 3.64. The SMILES string of the molecule is c1ccc(-c2ccc3c4ccccc4n(-c4cccc(-c5ccc(-c6nc(-c7ccccc7)nc(-c7ccc8c(c7)oc7ccccc78)n6)cc5)c4)c3c2)cc1.c1ccc(-c2nc(-c3ccc(-c4cccc(-n5c6ccccc6c6c(-c7ccccc7)cccc65)c4)cc3)nc(-c3ccc4c(c3)oc3ccccc34)n2)cc1. The standard InChI is InChI=1S/2C51H32N4O/c1-3-13-34(14-4-1)40-21-12-23-45-48(40)43-20-7-9-22-44(43)55(45)39-18-11-17-37(31-39)33-25-27-36(28-26-33)50-52-49(35-15-5-2-6-16-35)53-51(54-50)38-29-30-42-41-19-8-10-24-46(41)56-47(42)32-38;1-3-12-33(13-4-1)38-26-28-42-41-18-7-9-20-45(41)55(46(42)31-38)40-17-11-16-37(30-40)34-22-24-36(25-23-34)50-52-49(35-14-5-2-6-15-35)53-51(54-50)39-27-29-44-43-19-8-10-21-47(43)56-48(44)32-39/h2*1-32H. The zero-order chi connectivity index (χ0) is 74.0. The number of hydrogen-bond acceptors (Lipinski definition) is 8. The minimum absolute atomic E-state index is 0.592. The lowest BCUT2D eigenvalue weighted by Gasteiger charge is -2.12. The van der Waals surface area contributed by atoms with E-state index in [9.17, 15) is 0 Å². The maximum Gasteiger partial charge on any atom is 0.164 e. The summed E-state index contributed by atoms with van der Waals surface area (Å²) in [5.41, 5.74) is 25.0. The molecular formula is C102H64N8O2. The van der Waals surface area contributed by atoms with Crippen molar-refractivity contribution in [1.29, 1.82) is 0 Å². The van der Waals surface area contributed by atoms with Crippen molar-refractivity contribution < 1.29 is 8.83 Å². The Morgan fingerprint density at radius 3 is 0.973 bits per heavy atom. The molecule has 0 bridgehead atoms. The average Bonchev–Trinajstić information content (AvgIpc) is 1.58. The summed E-state index contributed by atoms with van der Waals surface area (Å²) in [7, 11) is 0. The number of furan rings is 2. The quantitative estimate of drug-likeness (QED) is 0.119. The van der Waals surface area contributed by atoms with E-state index < -0.39 is 0 Å². The van der Waals surface area contributed by atoms with Crippen molar-refractivity contribution in [3.8, 4) is 124 Å². The Kier molecular flexibility index (Phi) is 16.0. The fraction of sp³-hybridized carbons (Fsp3) is 0. The molecule has 0 amide bonds. The van der Waals surface area contributed by atoms with Crippen molar-refractivity contribution in [1.82, 2.24) is 39.0 Å². The Hall–Kier alpha value is -15.3. The van der Waals surface area contributed by atoms with E-state index in [1.807, 2.05) is 109 Å². The summed E-state index contributed by atoms with van der Waals surface area (Å²) in [5, 5.41) is 9.28. The Labute approximate surface area is 643 Å². The van der Waals surface area contributed by atoms with E-state index in [-0.39, 0.29) is 0 Å². The number of para-hydroxylation sites is 4. The van der Waals surface area contributed by atoms with Gasteiger partial charge >= 0.3 is 0 Å². The Balaban J connectivity index is 0.000000141.